The topological polar surface area (TPSA) is 64.3 Å². The molecule has 0 aliphatic carbocycles. The normalized spacial score (nSPS) is 14.5. The molecule has 7 heteroatoms. The SMILES string of the molecule is O=C(Cn1c(=O)ccn(Cc2ccc(Cl)cc2)c1=O)N1CCCCC1. The number of carbonyl (C=O) groups excluding carboxylic acids is 1. The molecule has 0 saturated carbocycles. The lowest BCUT2D eigenvalue weighted by Crippen LogP contribution is -2.45. The number of carbonyl (C=O) groups is 1. The summed E-state index contributed by atoms with van der Waals surface area (Å²) in [6.45, 7) is 1.49. The second kappa shape index (κ2) is 7.70. The molecule has 0 atom stereocenters. The molecule has 1 fully saturated rings. The minimum atomic E-state index is -0.479. The van der Waals surface area contributed by atoms with Crippen LogP contribution < -0.4 is 11.2 Å². The Bertz CT molecular complexity index is 864. The van der Waals surface area contributed by atoms with Gasteiger partial charge in [0.2, 0.25) is 5.91 Å². The van der Waals surface area contributed by atoms with E-state index in [9.17, 15) is 14.4 Å². The van der Waals surface area contributed by atoms with Crippen molar-refractivity contribution in [2.75, 3.05) is 13.1 Å². The molecule has 25 heavy (non-hydrogen) atoms. The number of nitrogens with zero attached hydrogens (tertiary/aromatic N) is 3. The Labute approximate surface area is 150 Å². The van der Waals surface area contributed by atoms with Gasteiger partial charge in [0.1, 0.15) is 6.54 Å². The van der Waals surface area contributed by atoms with E-state index in [-0.39, 0.29) is 12.5 Å². The summed E-state index contributed by atoms with van der Waals surface area (Å²) in [5.41, 5.74) is -0.0467. The molecule has 1 aromatic carbocycles. The van der Waals surface area contributed by atoms with Gasteiger partial charge in [-0.1, -0.05) is 23.7 Å². The van der Waals surface area contributed by atoms with Gasteiger partial charge in [0, 0.05) is 30.4 Å². The predicted molar refractivity (Wildman–Crippen MR) is 95.9 cm³/mol. The van der Waals surface area contributed by atoms with Crippen molar-refractivity contribution in [2.45, 2.75) is 32.4 Å². The quantitative estimate of drug-likeness (QED) is 0.833. The molecule has 1 aromatic heterocycles. The molecule has 6 nitrogen and oxygen atoms in total. The zero-order chi connectivity index (χ0) is 17.8. The molecule has 132 valence electrons. The summed E-state index contributed by atoms with van der Waals surface area (Å²) >= 11 is 5.87. The number of benzene rings is 1. The predicted octanol–water partition coefficient (Wildman–Crippen LogP) is 1.72. The summed E-state index contributed by atoms with van der Waals surface area (Å²) in [5.74, 6) is -0.178. The van der Waals surface area contributed by atoms with Crippen molar-refractivity contribution in [3.8, 4) is 0 Å². The van der Waals surface area contributed by atoms with Crippen LogP contribution in [0.1, 0.15) is 24.8 Å². The molecule has 1 aliphatic rings. The van der Waals surface area contributed by atoms with Gasteiger partial charge in [-0.2, -0.15) is 0 Å². The number of halogens is 1. The van der Waals surface area contributed by atoms with Gasteiger partial charge in [-0.15, -0.1) is 0 Å². The van der Waals surface area contributed by atoms with Gasteiger partial charge in [-0.05, 0) is 37.0 Å². The molecule has 1 amide bonds. The number of aromatic nitrogens is 2. The van der Waals surface area contributed by atoms with Crippen LogP contribution in [0.3, 0.4) is 0 Å². The number of piperidine rings is 1. The molecule has 2 heterocycles. The molecule has 1 saturated heterocycles. The number of amides is 1. The van der Waals surface area contributed by atoms with Gasteiger partial charge in [-0.3, -0.25) is 18.7 Å². The van der Waals surface area contributed by atoms with Crippen LogP contribution in [0.15, 0.2) is 46.1 Å². The molecular formula is C18H20ClN3O3. The average Bonchev–Trinajstić information content (AvgIpc) is 2.63. The Morgan fingerprint density at radius 2 is 1.68 bits per heavy atom. The van der Waals surface area contributed by atoms with Gasteiger partial charge >= 0.3 is 5.69 Å². The molecule has 0 spiro atoms. The first kappa shape index (κ1) is 17.5. The fraction of sp³-hybridized carbons (Fsp3) is 0.389. The summed E-state index contributed by atoms with van der Waals surface area (Å²) in [4.78, 5) is 38.8. The molecule has 2 aromatic rings. The van der Waals surface area contributed by atoms with Crippen LogP contribution in [0.5, 0.6) is 0 Å². The Hall–Kier alpha value is -2.34. The Kier molecular flexibility index (Phi) is 5.38. The highest BCUT2D eigenvalue weighted by Crippen LogP contribution is 2.10. The van der Waals surface area contributed by atoms with Gasteiger partial charge < -0.3 is 4.90 Å². The lowest BCUT2D eigenvalue weighted by molar-refractivity contribution is -0.132. The van der Waals surface area contributed by atoms with Crippen molar-refractivity contribution < 1.29 is 4.79 Å². The fourth-order valence-electron chi connectivity index (χ4n) is 2.99. The summed E-state index contributed by atoms with van der Waals surface area (Å²) in [7, 11) is 0. The molecule has 0 N–H and O–H groups in total. The Morgan fingerprint density at radius 1 is 1.00 bits per heavy atom. The second-order valence-electron chi connectivity index (χ2n) is 6.22. The average molecular weight is 362 g/mol. The fourth-order valence-corrected chi connectivity index (χ4v) is 3.11. The standard InChI is InChI=1S/C18H20ClN3O3/c19-15-6-4-14(5-7-15)12-21-11-8-16(23)22(18(21)25)13-17(24)20-9-2-1-3-10-20/h4-8,11H,1-3,9-10,12-13H2. The number of hydrogen-bond acceptors (Lipinski definition) is 3. The van der Waals surface area contributed by atoms with Crippen LogP contribution in [0.25, 0.3) is 0 Å². The highest BCUT2D eigenvalue weighted by molar-refractivity contribution is 6.30. The van der Waals surface area contributed by atoms with Crippen molar-refractivity contribution in [3.05, 3.63) is 68.0 Å². The number of rotatable bonds is 4. The number of likely N-dealkylation sites (tertiary alicyclic amines) is 1. The van der Waals surface area contributed by atoms with Crippen LogP contribution in [0.4, 0.5) is 0 Å². The minimum absolute atomic E-state index is 0.178. The van der Waals surface area contributed by atoms with Gasteiger partial charge in [0.25, 0.3) is 5.56 Å². The zero-order valence-corrected chi connectivity index (χ0v) is 14.6. The smallest absolute Gasteiger partial charge is 0.331 e. The van der Waals surface area contributed by atoms with Crippen LogP contribution >= 0.6 is 11.6 Å². The molecule has 1 aliphatic heterocycles. The highest BCUT2D eigenvalue weighted by Gasteiger charge is 2.18. The van der Waals surface area contributed by atoms with E-state index in [1.165, 1.54) is 16.8 Å². The van der Waals surface area contributed by atoms with E-state index in [1.54, 1.807) is 17.0 Å². The van der Waals surface area contributed by atoms with Gasteiger partial charge in [-0.25, -0.2) is 4.79 Å². The lowest BCUT2D eigenvalue weighted by Gasteiger charge is -2.26. The maximum Gasteiger partial charge on any atom is 0.331 e. The summed E-state index contributed by atoms with van der Waals surface area (Å²) in [5, 5.41) is 0.619. The van der Waals surface area contributed by atoms with Crippen LogP contribution in [-0.2, 0) is 17.9 Å². The second-order valence-corrected chi connectivity index (χ2v) is 6.65. The van der Waals surface area contributed by atoms with Crippen molar-refractivity contribution in [1.82, 2.24) is 14.0 Å². The van der Waals surface area contributed by atoms with E-state index in [1.807, 2.05) is 12.1 Å². The van der Waals surface area contributed by atoms with E-state index in [4.69, 9.17) is 11.6 Å². The highest BCUT2D eigenvalue weighted by atomic mass is 35.5. The summed E-state index contributed by atoms with van der Waals surface area (Å²) < 4.78 is 2.43. The molecular weight excluding hydrogens is 342 g/mol. The summed E-state index contributed by atoms with van der Waals surface area (Å²) in [6.07, 6.45) is 4.51. The van der Waals surface area contributed by atoms with Crippen molar-refractivity contribution >= 4 is 17.5 Å². The van der Waals surface area contributed by atoms with Crippen LogP contribution in [0, 0.1) is 0 Å². The zero-order valence-electron chi connectivity index (χ0n) is 13.9. The largest absolute Gasteiger partial charge is 0.341 e. The van der Waals surface area contributed by atoms with Crippen LogP contribution in [0.2, 0.25) is 5.02 Å². The first-order chi connectivity index (χ1) is 12.0. The van der Waals surface area contributed by atoms with Gasteiger partial charge in [0.15, 0.2) is 0 Å². The lowest BCUT2D eigenvalue weighted by atomic mass is 10.1. The maximum atomic E-state index is 12.6. The third-order valence-electron chi connectivity index (χ3n) is 4.41. The summed E-state index contributed by atoms with van der Waals surface area (Å²) in [6, 6.07) is 8.46. The molecule has 0 radical (unpaired) electrons. The van der Waals surface area contributed by atoms with Crippen LogP contribution in [-0.4, -0.2) is 33.0 Å². The van der Waals surface area contributed by atoms with Crippen molar-refractivity contribution in [1.29, 1.82) is 0 Å². The van der Waals surface area contributed by atoms with E-state index in [0.717, 1.165) is 29.4 Å². The maximum absolute atomic E-state index is 12.6. The first-order valence-electron chi connectivity index (χ1n) is 8.37. The van der Waals surface area contributed by atoms with E-state index >= 15 is 0 Å². The molecule has 0 unspecified atom stereocenters. The monoisotopic (exact) mass is 361 g/mol. The van der Waals surface area contributed by atoms with E-state index in [2.05, 4.69) is 0 Å². The molecule has 0 bridgehead atoms. The van der Waals surface area contributed by atoms with Crippen molar-refractivity contribution in [3.63, 3.8) is 0 Å². The molecule has 3 rings (SSSR count). The van der Waals surface area contributed by atoms with Crippen molar-refractivity contribution in [2.24, 2.45) is 0 Å². The Morgan fingerprint density at radius 3 is 2.36 bits per heavy atom. The third kappa shape index (κ3) is 4.20. The Balaban J connectivity index is 1.82. The minimum Gasteiger partial charge on any atom is -0.341 e. The third-order valence-corrected chi connectivity index (χ3v) is 4.66. The van der Waals surface area contributed by atoms with E-state index < -0.39 is 11.2 Å². The first-order valence-corrected chi connectivity index (χ1v) is 8.75. The number of hydrogen-bond donors (Lipinski definition) is 0. The van der Waals surface area contributed by atoms with E-state index in [0.29, 0.717) is 24.7 Å². The van der Waals surface area contributed by atoms with Gasteiger partial charge in [0.05, 0.1) is 6.54 Å².